The van der Waals surface area contributed by atoms with Crippen LogP contribution in [0.4, 0.5) is 0 Å². The SMILES string of the molecule is CCCCCC/C=C\CCC/C=C\CCCCCO. The molecule has 0 bridgehead atoms. The molecule has 0 aromatic rings. The zero-order valence-corrected chi connectivity index (χ0v) is 12.9. The van der Waals surface area contributed by atoms with Gasteiger partial charge in [-0.15, -0.1) is 0 Å². The zero-order chi connectivity index (χ0) is 14.0. The molecular weight excluding hydrogens is 232 g/mol. The Balaban J connectivity index is 3.12. The maximum Gasteiger partial charge on any atom is 0.0431 e. The molecule has 112 valence electrons. The van der Waals surface area contributed by atoms with Crippen LogP contribution in [0.5, 0.6) is 0 Å². The normalized spacial score (nSPS) is 11.9. The van der Waals surface area contributed by atoms with Gasteiger partial charge in [0.2, 0.25) is 0 Å². The highest BCUT2D eigenvalue weighted by molar-refractivity contribution is 4.85. The standard InChI is InChI=1S/C18H34O/c1-2-3-4-5-6-7-8-9-10-11-12-13-14-15-16-17-18-19/h7-8,12-13,19H,2-6,9-11,14-18H2,1H3/b8-7-,13-12-. The Bertz CT molecular complexity index is 184. The lowest BCUT2D eigenvalue weighted by atomic mass is 10.1. The second-order valence-electron chi connectivity index (χ2n) is 5.30. The minimum atomic E-state index is 0.342. The van der Waals surface area contributed by atoms with E-state index in [1.807, 2.05) is 0 Å². The van der Waals surface area contributed by atoms with Gasteiger partial charge in [-0.1, -0.05) is 56.9 Å². The number of unbranched alkanes of at least 4 members (excludes halogenated alkanes) is 9. The van der Waals surface area contributed by atoms with Crippen LogP contribution in [0.3, 0.4) is 0 Å². The average Bonchev–Trinajstić information content (AvgIpc) is 2.43. The highest BCUT2D eigenvalue weighted by Crippen LogP contribution is 2.05. The first-order chi connectivity index (χ1) is 9.41. The van der Waals surface area contributed by atoms with Crippen LogP contribution in [0.25, 0.3) is 0 Å². The highest BCUT2D eigenvalue weighted by atomic mass is 16.2. The second kappa shape index (κ2) is 17.4. The molecule has 0 aromatic heterocycles. The van der Waals surface area contributed by atoms with Gasteiger partial charge in [-0.3, -0.25) is 0 Å². The molecule has 0 atom stereocenters. The Labute approximate surface area is 120 Å². The van der Waals surface area contributed by atoms with Crippen LogP contribution in [0, 0.1) is 0 Å². The first-order valence-corrected chi connectivity index (χ1v) is 8.32. The van der Waals surface area contributed by atoms with Gasteiger partial charge in [-0.2, -0.15) is 0 Å². The molecule has 0 aliphatic heterocycles. The molecule has 0 aliphatic rings. The van der Waals surface area contributed by atoms with Crippen LogP contribution in [-0.4, -0.2) is 11.7 Å². The zero-order valence-electron chi connectivity index (χ0n) is 12.9. The number of rotatable bonds is 14. The van der Waals surface area contributed by atoms with E-state index >= 15 is 0 Å². The molecule has 0 rings (SSSR count). The molecule has 0 saturated carbocycles. The van der Waals surface area contributed by atoms with Crippen LogP contribution in [0.15, 0.2) is 24.3 Å². The van der Waals surface area contributed by atoms with Crippen molar-refractivity contribution in [1.29, 1.82) is 0 Å². The average molecular weight is 266 g/mol. The lowest BCUT2D eigenvalue weighted by molar-refractivity contribution is 0.283. The van der Waals surface area contributed by atoms with E-state index in [-0.39, 0.29) is 0 Å². The maximum absolute atomic E-state index is 8.65. The highest BCUT2D eigenvalue weighted by Gasteiger charge is 1.86. The fourth-order valence-electron chi connectivity index (χ4n) is 2.06. The van der Waals surface area contributed by atoms with Gasteiger partial charge in [0.25, 0.3) is 0 Å². The van der Waals surface area contributed by atoms with E-state index in [4.69, 9.17) is 5.11 Å². The van der Waals surface area contributed by atoms with Gasteiger partial charge < -0.3 is 5.11 Å². The lowest BCUT2D eigenvalue weighted by Gasteiger charge is -1.95. The van der Waals surface area contributed by atoms with Gasteiger partial charge in [0.15, 0.2) is 0 Å². The first-order valence-electron chi connectivity index (χ1n) is 8.32. The third kappa shape index (κ3) is 17.4. The summed E-state index contributed by atoms with van der Waals surface area (Å²) < 4.78 is 0. The quantitative estimate of drug-likeness (QED) is 0.311. The summed E-state index contributed by atoms with van der Waals surface area (Å²) in [6, 6.07) is 0. The molecule has 0 saturated heterocycles. The van der Waals surface area contributed by atoms with Crippen molar-refractivity contribution >= 4 is 0 Å². The summed E-state index contributed by atoms with van der Waals surface area (Å²) in [5, 5.41) is 8.65. The minimum absolute atomic E-state index is 0.342. The lowest BCUT2D eigenvalue weighted by Crippen LogP contribution is -1.81. The summed E-state index contributed by atoms with van der Waals surface area (Å²) in [6.07, 6.45) is 24.3. The smallest absolute Gasteiger partial charge is 0.0431 e. The van der Waals surface area contributed by atoms with E-state index in [0.717, 1.165) is 12.8 Å². The van der Waals surface area contributed by atoms with Gasteiger partial charge in [0.05, 0.1) is 0 Å². The van der Waals surface area contributed by atoms with Crippen molar-refractivity contribution in [2.75, 3.05) is 6.61 Å². The molecular formula is C18H34O. The molecule has 0 heterocycles. The number of hydrogen-bond donors (Lipinski definition) is 1. The summed E-state index contributed by atoms with van der Waals surface area (Å²) in [4.78, 5) is 0. The molecule has 0 radical (unpaired) electrons. The molecule has 0 unspecified atom stereocenters. The van der Waals surface area contributed by atoms with Crippen molar-refractivity contribution in [2.45, 2.75) is 84.0 Å². The first kappa shape index (κ1) is 18.4. The third-order valence-electron chi connectivity index (χ3n) is 3.33. The van der Waals surface area contributed by atoms with E-state index in [2.05, 4.69) is 31.2 Å². The molecule has 0 aromatic carbocycles. The Kier molecular flexibility index (Phi) is 16.9. The molecule has 1 N–H and O–H groups in total. The Morgan fingerprint density at radius 3 is 1.53 bits per heavy atom. The summed E-state index contributed by atoms with van der Waals surface area (Å²) in [6.45, 7) is 2.60. The van der Waals surface area contributed by atoms with E-state index < -0.39 is 0 Å². The van der Waals surface area contributed by atoms with E-state index in [0.29, 0.717) is 6.61 Å². The fraction of sp³-hybridized carbons (Fsp3) is 0.778. The Morgan fingerprint density at radius 1 is 0.579 bits per heavy atom. The molecule has 0 aliphatic carbocycles. The van der Waals surface area contributed by atoms with Crippen LogP contribution >= 0.6 is 0 Å². The molecule has 0 amide bonds. The molecule has 0 spiro atoms. The summed E-state index contributed by atoms with van der Waals surface area (Å²) in [5.74, 6) is 0. The Morgan fingerprint density at radius 2 is 1.05 bits per heavy atom. The van der Waals surface area contributed by atoms with Gasteiger partial charge in [-0.25, -0.2) is 0 Å². The summed E-state index contributed by atoms with van der Waals surface area (Å²) >= 11 is 0. The predicted octanol–water partition coefficient (Wildman–Crippen LogP) is 5.79. The van der Waals surface area contributed by atoms with Gasteiger partial charge in [0.1, 0.15) is 0 Å². The summed E-state index contributed by atoms with van der Waals surface area (Å²) in [7, 11) is 0. The van der Waals surface area contributed by atoms with E-state index in [9.17, 15) is 0 Å². The van der Waals surface area contributed by atoms with Crippen molar-refractivity contribution in [3.05, 3.63) is 24.3 Å². The van der Waals surface area contributed by atoms with Crippen molar-refractivity contribution in [3.8, 4) is 0 Å². The van der Waals surface area contributed by atoms with Crippen molar-refractivity contribution in [1.82, 2.24) is 0 Å². The number of aliphatic hydroxyl groups is 1. The summed E-state index contributed by atoms with van der Waals surface area (Å²) in [5.41, 5.74) is 0. The number of aliphatic hydroxyl groups excluding tert-OH is 1. The third-order valence-corrected chi connectivity index (χ3v) is 3.33. The van der Waals surface area contributed by atoms with Gasteiger partial charge in [-0.05, 0) is 51.4 Å². The molecule has 19 heavy (non-hydrogen) atoms. The second-order valence-corrected chi connectivity index (χ2v) is 5.30. The Hall–Kier alpha value is -0.560. The van der Waals surface area contributed by atoms with Crippen LogP contribution < -0.4 is 0 Å². The topological polar surface area (TPSA) is 20.2 Å². The van der Waals surface area contributed by atoms with Gasteiger partial charge >= 0.3 is 0 Å². The predicted molar refractivity (Wildman–Crippen MR) is 86.4 cm³/mol. The molecule has 1 heteroatoms. The fourth-order valence-corrected chi connectivity index (χ4v) is 2.06. The minimum Gasteiger partial charge on any atom is -0.396 e. The largest absolute Gasteiger partial charge is 0.396 e. The van der Waals surface area contributed by atoms with Crippen LogP contribution in [0.2, 0.25) is 0 Å². The molecule has 1 nitrogen and oxygen atoms in total. The van der Waals surface area contributed by atoms with E-state index in [1.54, 1.807) is 0 Å². The van der Waals surface area contributed by atoms with Gasteiger partial charge in [0, 0.05) is 6.61 Å². The monoisotopic (exact) mass is 266 g/mol. The van der Waals surface area contributed by atoms with Crippen LogP contribution in [0.1, 0.15) is 84.0 Å². The number of hydrogen-bond acceptors (Lipinski definition) is 1. The maximum atomic E-state index is 8.65. The number of allylic oxidation sites excluding steroid dienone is 4. The van der Waals surface area contributed by atoms with Crippen molar-refractivity contribution in [3.63, 3.8) is 0 Å². The molecule has 0 fully saturated rings. The van der Waals surface area contributed by atoms with Crippen molar-refractivity contribution < 1.29 is 5.11 Å². The van der Waals surface area contributed by atoms with E-state index in [1.165, 1.54) is 64.2 Å². The van der Waals surface area contributed by atoms with Crippen molar-refractivity contribution in [2.24, 2.45) is 0 Å². The van der Waals surface area contributed by atoms with Crippen LogP contribution in [-0.2, 0) is 0 Å².